The van der Waals surface area contributed by atoms with E-state index in [0.29, 0.717) is 0 Å². The number of rotatable bonds is 5. The Morgan fingerprint density at radius 3 is 2.33 bits per heavy atom. The lowest BCUT2D eigenvalue weighted by molar-refractivity contribution is 0.250. The molecule has 10 nitrogen and oxygen atoms in total. The van der Waals surface area contributed by atoms with Gasteiger partial charge in [-0.1, -0.05) is 0 Å². The first kappa shape index (κ1) is 14.1. The van der Waals surface area contributed by atoms with Gasteiger partial charge in [-0.05, 0) is 0 Å². The smallest absolute Gasteiger partial charge is 0.336 e. The van der Waals surface area contributed by atoms with E-state index < -0.39 is 17.3 Å². The number of carbonyl (C=O) groups excluding carboxylic acids is 1. The molecule has 0 spiro atoms. The molecule has 3 N–H and O–H groups in total. The number of amides is 2. The number of hydrazine groups is 1. The number of urea groups is 1. The van der Waals surface area contributed by atoms with Gasteiger partial charge in [0.25, 0.3) is 0 Å². The number of nitrogens with zero attached hydrogens (tertiary/aromatic N) is 2. The minimum absolute atomic E-state index is 0.109. The Hall–Kier alpha value is -1.98. The number of aromatic nitrogens is 2. The standard InChI is InChI=1S/C7H11N5O5S/c1-16-4-3-5(17-2)9-6(8-4)10-7(13)11-12-18(14)15/h3,12H,1-2H3,(H,14,15)(H2,8,9,10,11,13)/p-1. The summed E-state index contributed by atoms with van der Waals surface area (Å²) in [5.74, 6) is 0.247. The number of ether oxygens (including phenoxy) is 2. The molecule has 18 heavy (non-hydrogen) atoms. The fraction of sp³-hybridized carbons (Fsp3) is 0.286. The third kappa shape index (κ3) is 4.48. The van der Waals surface area contributed by atoms with Crippen molar-refractivity contribution in [3.63, 3.8) is 0 Å². The van der Waals surface area contributed by atoms with Crippen molar-refractivity contribution in [3.05, 3.63) is 6.07 Å². The van der Waals surface area contributed by atoms with E-state index in [9.17, 15) is 13.6 Å². The number of carbonyl (C=O) groups is 1. The quantitative estimate of drug-likeness (QED) is 0.459. The van der Waals surface area contributed by atoms with Crippen LogP contribution in [-0.4, -0.2) is 39.0 Å². The van der Waals surface area contributed by atoms with Crippen molar-refractivity contribution in [1.82, 2.24) is 20.2 Å². The highest BCUT2D eigenvalue weighted by atomic mass is 32.2. The predicted octanol–water partition coefficient (Wildman–Crippen LogP) is -1.09. The van der Waals surface area contributed by atoms with Gasteiger partial charge in [-0.2, -0.15) is 14.8 Å². The molecule has 0 aliphatic carbocycles. The normalized spacial score (nSPS) is 11.5. The van der Waals surface area contributed by atoms with Crippen molar-refractivity contribution in [1.29, 1.82) is 0 Å². The second-order valence-corrected chi connectivity index (χ2v) is 3.37. The van der Waals surface area contributed by atoms with E-state index in [4.69, 9.17) is 9.47 Å². The van der Waals surface area contributed by atoms with Crippen molar-refractivity contribution in [3.8, 4) is 11.8 Å². The first-order valence-corrected chi connectivity index (χ1v) is 5.51. The molecule has 100 valence electrons. The lowest BCUT2D eigenvalue weighted by Gasteiger charge is -2.10. The number of hydrogen-bond donors (Lipinski definition) is 3. The van der Waals surface area contributed by atoms with Crippen LogP contribution in [0.5, 0.6) is 11.8 Å². The average molecular weight is 276 g/mol. The van der Waals surface area contributed by atoms with Gasteiger partial charge in [0, 0.05) is 11.3 Å². The topological polar surface area (TPSA) is 138 Å². The van der Waals surface area contributed by atoms with Crippen LogP contribution in [0, 0.1) is 0 Å². The SMILES string of the molecule is COc1cc(OC)nc(NC(=O)NNS(=O)[O-])n1. The second kappa shape index (κ2) is 6.68. The van der Waals surface area contributed by atoms with Crippen molar-refractivity contribution < 1.29 is 23.0 Å². The second-order valence-electron chi connectivity index (χ2n) is 2.69. The van der Waals surface area contributed by atoms with Crippen LogP contribution < -0.4 is 25.0 Å². The molecular formula is C7H10N5O5S-. The Kier molecular flexibility index (Phi) is 5.23. The van der Waals surface area contributed by atoms with Crippen LogP contribution >= 0.6 is 0 Å². The first-order chi connectivity index (χ1) is 8.55. The van der Waals surface area contributed by atoms with Gasteiger partial charge < -0.3 is 14.0 Å². The van der Waals surface area contributed by atoms with Gasteiger partial charge >= 0.3 is 6.03 Å². The highest BCUT2D eigenvalue weighted by molar-refractivity contribution is 7.77. The molecule has 1 atom stereocenters. The zero-order chi connectivity index (χ0) is 13.5. The van der Waals surface area contributed by atoms with E-state index in [1.807, 2.05) is 5.43 Å². The van der Waals surface area contributed by atoms with Crippen molar-refractivity contribution >= 4 is 23.2 Å². The largest absolute Gasteiger partial charge is 0.759 e. The van der Waals surface area contributed by atoms with Gasteiger partial charge in [0.05, 0.1) is 20.3 Å². The van der Waals surface area contributed by atoms with Crippen molar-refractivity contribution in [2.45, 2.75) is 0 Å². The van der Waals surface area contributed by atoms with Gasteiger partial charge in [0.1, 0.15) is 0 Å². The van der Waals surface area contributed by atoms with Crippen molar-refractivity contribution in [2.75, 3.05) is 19.5 Å². The monoisotopic (exact) mass is 276 g/mol. The highest BCUT2D eigenvalue weighted by Gasteiger charge is 2.08. The Labute approximate surface area is 104 Å². The molecule has 1 rings (SSSR count). The molecule has 0 aliphatic rings. The Bertz CT molecular complexity index is 434. The summed E-state index contributed by atoms with van der Waals surface area (Å²) in [4.78, 5) is 20.5. The molecule has 0 radical (unpaired) electrons. The zero-order valence-electron chi connectivity index (χ0n) is 9.42. The Morgan fingerprint density at radius 1 is 1.33 bits per heavy atom. The molecule has 0 bridgehead atoms. The summed E-state index contributed by atoms with van der Waals surface area (Å²) >= 11 is -2.62. The van der Waals surface area contributed by atoms with E-state index in [-0.39, 0.29) is 17.7 Å². The molecule has 11 heteroatoms. The lowest BCUT2D eigenvalue weighted by Crippen LogP contribution is -2.41. The number of nitrogens with one attached hydrogen (secondary N) is 3. The van der Waals surface area contributed by atoms with Crippen LogP contribution in [0.1, 0.15) is 0 Å². The maximum atomic E-state index is 11.2. The fourth-order valence-corrected chi connectivity index (χ4v) is 1.07. The Morgan fingerprint density at radius 2 is 1.89 bits per heavy atom. The number of anilines is 1. The van der Waals surface area contributed by atoms with Gasteiger partial charge in [-0.15, -0.1) is 0 Å². The molecule has 0 fully saturated rings. The fourth-order valence-electron chi connectivity index (χ4n) is 0.890. The van der Waals surface area contributed by atoms with E-state index in [0.717, 1.165) is 0 Å². The first-order valence-electron chi connectivity index (χ1n) is 4.44. The molecule has 0 aliphatic heterocycles. The summed E-state index contributed by atoms with van der Waals surface area (Å²) in [7, 11) is 2.77. The molecule has 0 saturated heterocycles. The van der Waals surface area contributed by atoms with E-state index in [2.05, 4.69) is 15.3 Å². The molecular weight excluding hydrogens is 266 g/mol. The molecule has 0 saturated carbocycles. The zero-order valence-corrected chi connectivity index (χ0v) is 10.2. The van der Waals surface area contributed by atoms with Crippen LogP contribution in [-0.2, 0) is 11.3 Å². The molecule has 1 heterocycles. The van der Waals surface area contributed by atoms with Gasteiger partial charge in [0.15, 0.2) is 0 Å². The summed E-state index contributed by atoms with van der Waals surface area (Å²) in [5, 5.41) is 2.18. The number of hydrogen-bond acceptors (Lipinski definition) is 7. The van der Waals surface area contributed by atoms with Gasteiger partial charge in [-0.3, -0.25) is 15.0 Å². The van der Waals surface area contributed by atoms with Crippen LogP contribution in [0.25, 0.3) is 0 Å². The molecule has 1 unspecified atom stereocenters. The van der Waals surface area contributed by atoms with Crippen LogP contribution in [0.4, 0.5) is 10.7 Å². The van der Waals surface area contributed by atoms with E-state index in [1.165, 1.54) is 20.3 Å². The third-order valence-corrected chi connectivity index (χ3v) is 1.84. The average Bonchev–Trinajstić information content (AvgIpc) is 2.35. The minimum atomic E-state index is -2.62. The number of methoxy groups -OCH3 is 2. The third-order valence-electron chi connectivity index (χ3n) is 1.57. The van der Waals surface area contributed by atoms with Crippen LogP contribution in [0.3, 0.4) is 0 Å². The predicted molar refractivity (Wildman–Crippen MR) is 59.3 cm³/mol. The maximum Gasteiger partial charge on any atom is 0.336 e. The van der Waals surface area contributed by atoms with Crippen LogP contribution in [0.15, 0.2) is 6.07 Å². The molecule has 2 amide bonds. The summed E-state index contributed by atoms with van der Waals surface area (Å²) in [6, 6.07) is 0.545. The summed E-state index contributed by atoms with van der Waals surface area (Å²) in [6.45, 7) is 0. The summed E-state index contributed by atoms with van der Waals surface area (Å²) < 4.78 is 30.0. The summed E-state index contributed by atoms with van der Waals surface area (Å²) in [6.07, 6.45) is 0. The highest BCUT2D eigenvalue weighted by Crippen LogP contribution is 2.16. The van der Waals surface area contributed by atoms with E-state index in [1.54, 1.807) is 4.83 Å². The van der Waals surface area contributed by atoms with E-state index >= 15 is 0 Å². The van der Waals surface area contributed by atoms with Crippen LogP contribution in [0.2, 0.25) is 0 Å². The molecule has 1 aromatic heterocycles. The minimum Gasteiger partial charge on any atom is -0.759 e. The molecule has 0 aromatic carbocycles. The van der Waals surface area contributed by atoms with Crippen molar-refractivity contribution in [2.24, 2.45) is 0 Å². The molecule has 1 aromatic rings. The van der Waals surface area contributed by atoms with Gasteiger partial charge in [0.2, 0.25) is 17.7 Å². The van der Waals surface area contributed by atoms with Gasteiger partial charge in [-0.25, -0.2) is 4.79 Å². The lowest BCUT2D eigenvalue weighted by atomic mass is 10.6. The Balaban J connectivity index is 2.71. The summed E-state index contributed by atoms with van der Waals surface area (Å²) in [5.41, 5.74) is 1.83. The maximum absolute atomic E-state index is 11.2.